The average molecular weight is 310 g/mol. The number of aliphatic hydroxyl groups is 1. The van der Waals surface area contributed by atoms with Crippen LogP contribution in [0.3, 0.4) is 0 Å². The average Bonchev–Trinajstić information content (AvgIpc) is 3.12. The normalized spacial score (nSPS) is 15.4. The Morgan fingerprint density at radius 1 is 1.48 bits per heavy atom. The molecule has 1 aliphatic carbocycles. The zero-order valence-corrected chi connectivity index (χ0v) is 12.7. The van der Waals surface area contributed by atoms with Crippen molar-refractivity contribution < 1.29 is 13.5 Å². The number of aliphatic hydroxyl groups excluding tert-OH is 1. The highest BCUT2D eigenvalue weighted by Gasteiger charge is 2.28. The van der Waals surface area contributed by atoms with Crippen LogP contribution in [0.1, 0.15) is 36.0 Å². The molecule has 0 radical (unpaired) electrons. The third-order valence-corrected chi connectivity index (χ3v) is 5.00. The van der Waals surface area contributed by atoms with Crippen molar-refractivity contribution in [2.24, 2.45) is 0 Å². The molecule has 2 aromatic rings. The van der Waals surface area contributed by atoms with Crippen molar-refractivity contribution in [2.45, 2.75) is 44.2 Å². The maximum atomic E-state index is 12.5. The summed E-state index contributed by atoms with van der Waals surface area (Å²) in [4.78, 5) is 0.165. The molecule has 21 heavy (non-hydrogen) atoms. The highest BCUT2D eigenvalue weighted by molar-refractivity contribution is 7.92. The van der Waals surface area contributed by atoms with E-state index in [1.165, 1.54) is 6.07 Å². The van der Waals surface area contributed by atoms with Crippen molar-refractivity contribution in [2.75, 3.05) is 4.72 Å². The fraction of sp³-hybridized carbons (Fsp3) is 0.462. The zero-order valence-electron chi connectivity index (χ0n) is 11.9. The second kappa shape index (κ2) is 4.88. The van der Waals surface area contributed by atoms with Gasteiger partial charge in [0.05, 0.1) is 23.7 Å². The van der Waals surface area contributed by atoms with E-state index in [0.29, 0.717) is 28.8 Å². The van der Waals surface area contributed by atoms with E-state index in [2.05, 4.69) is 14.9 Å². The van der Waals surface area contributed by atoms with Gasteiger partial charge < -0.3 is 9.67 Å². The topological polar surface area (TPSA) is 100 Å². The van der Waals surface area contributed by atoms with Gasteiger partial charge in [-0.25, -0.2) is 8.42 Å². The summed E-state index contributed by atoms with van der Waals surface area (Å²) in [5, 5.41) is 16.1. The number of sulfonamides is 1. The van der Waals surface area contributed by atoms with Gasteiger partial charge in [0.25, 0.3) is 10.0 Å². The second-order valence-corrected chi connectivity index (χ2v) is 7.06. The smallest absolute Gasteiger partial charge is 0.263 e. The fourth-order valence-electron chi connectivity index (χ4n) is 2.36. The first kappa shape index (κ1) is 14.2. The summed E-state index contributed by atoms with van der Waals surface area (Å²) in [7, 11) is -3.69. The van der Waals surface area contributed by atoms with E-state index >= 15 is 0 Å². The van der Waals surface area contributed by atoms with Crippen molar-refractivity contribution in [3.05, 3.63) is 29.3 Å². The summed E-state index contributed by atoms with van der Waals surface area (Å²) >= 11 is 0. The molecule has 0 amide bonds. The van der Waals surface area contributed by atoms with Gasteiger partial charge in [-0.15, -0.1) is 0 Å². The summed E-state index contributed by atoms with van der Waals surface area (Å²) in [5.41, 5.74) is 2.36. The molecule has 114 valence electrons. The maximum Gasteiger partial charge on any atom is 0.263 e. The predicted molar refractivity (Wildman–Crippen MR) is 77.5 cm³/mol. The lowest BCUT2D eigenvalue weighted by molar-refractivity contribution is 0.270. The fourth-order valence-corrected chi connectivity index (χ4v) is 3.59. The molecule has 8 heteroatoms. The monoisotopic (exact) mass is 310 g/mol. The molecule has 7 nitrogen and oxygen atoms in total. The third kappa shape index (κ3) is 2.56. The van der Waals surface area contributed by atoms with E-state index in [4.69, 9.17) is 0 Å². The van der Waals surface area contributed by atoms with Gasteiger partial charge in [-0.2, -0.15) is 5.10 Å². The molecule has 2 aromatic heterocycles. The Bertz CT molecular complexity index is 752. The minimum Gasteiger partial charge on any atom is -0.390 e. The van der Waals surface area contributed by atoms with E-state index < -0.39 is 10.0 Å². The van der Waals surface area contributed by atoms with Crippen LogP contribution in [0.25, 0.3) is 0 Å². The number of aryl methyl sites for hydroxylation is 2. The predicted octanol–water partition coefficient (Wildman–Crippen LogP) is 1.46. The first-order valence-corrected chi connectivity index (χ1v) is 8.26. The SMILES string of the molecule is Cc1n[nH]c(C)c1NS(=O)(=O)c1cc(CO)n(C2CC2)c1. The first-order chi connectivity index (χ1) is 9.92. The summed E-state index contributed by atoms with van der Waals surface area (Å²) in [6, 6.07) is 1.83. The number of H-pyrrole nitrogens is 1. The van der Waals surface area contributed by atoms with Gasteiger partial charge in [0.15, 0.2) is 0 Å². The maximum absolute atomic E-state index is 12.5. The largest absolute Gasteiger partial charge is 0.390 e. The van der Waals surface area contributed by atoms with Gasteiger partial charge >= 0.3 is 0 Å². The molecule has 3 N–H and O–H groups in total. The van der Waals surface area contributed by atoms with Gasteiger partial charge in [-0.3, -0.25) is 9.82 Å². The Labute approximate surface area is 123 Å². The molecule has 0 spiro atoms. The first-order valence-electron chi connectivity index (χ1n) is 6.78. The number of nitrogens with zero attached hydrogens (tertiary/aromatic N) is 2. The molecule has 1 saturated carbocycles. The lowest BCUT2D eigenvalue weighted by Crippen LogP contribution is -2.13. The minimum atomic E-state index is -3.69. The van der Waals surface area contributed by atoms with Crippen LogP contribution in [0.4, 0.5) is 5.69 Å². The molecule has 0 bridgehead atoms. The van der Waals surface area contributed by atoms with Crippen molar-refractivity contribution >= 4 is 15.7 Å². The molecule has 0 atom stereocenters. The molecule has 0 saturated heterocycles. The summed E-state index contributed by atoms with van der Waals surface area (Å²) in [6.07, 6.45) is 3.64. The van der Waals surface area contributed by atoms with Crippen molar-refractivity contribution in [1.29, 1.82) is 0 Å². The van der Waals surface area contributed by atoms with Crippen LogP contribution in [0.5, 0.6) is 0 Å². The van der Waals surface area contributed by atoms with E-state index in [1.807, 2.05) is 4.57 Å². The van der Waals surface area contributed by atoms with Crippen LogP contribution in [0.2, 0.25) is 0 Å². The van der Waals surface area contributed by atoms with Crippen LogP contribution >= 0.6 is 0 Å². The number of nitrogens with one attached hydrogen (secondary N) is 2. The lowest BCUT2D eigenvalue weighted by atomic mass is 10.3. The van der Waals surface area contributed by atoms with Crippen LogP contribution in [-0.2, 0) is 16.6 Å². The number of anilines is 1. The van der Waals surface area contributed by atoms with Gasteiger partial charge in [-0.1, -0.05) is 0 Å². The Balaban J connectivity index is 1.95. The highest BCUT2D eigenvalue weighted by atomic mass is 32.2. The number of aromatic amines is 1. The van der Waals surface area contributed by atoms with Crippen LogP contribution in [-0.4, -0.2) is 28.3 Å². The van der Waals surface area contributed by atoms with Crippen molar-refractivity contribution in [3.8, 4) is 0 Å². The Hall–Kier alpha value is -1.80. The number of rotatable bonds is 5. The second-order valence-electron chi connectivity index (χ2n) is 5.38. The van der Waals surface area contributed by atoms with Gasteiger partial charge in [0.2, 0.25) is 0 Å². The van der Waals surface area contributed by atoms with Crippen LogP contribution in [0, 0.1) is 13.8 Å². The van der Waals surface area contributed by atoms with Crippen molar-refractivity contribution in [3.63, 3.8) is 0 Å². The summed E-state index contributed by atoms with van der Waals surface area (Å²) in [6.45, 7) is 3.32. The van der Waals surface area contributed by atoms with E-state index in [0.717, 1.165) is 12.8 Å². The van der Waals surface area contributed by atoms with Gasteiger partial charge in [0.1, 0.15) is 4.90 Å². The van der Waals surface area contributed by atoms with E-state index in [-0.39, 0.29) is 11.5 Å². The summed E-state index contributed by atoms with van der Waals surface area (Å²) < 4.78 is 29.4. The number of aromatic nitrogens is 3. The van der Waals surface area contributed by atoms with Crippen LogP contribution in [0.15, 0.2) is 17.2 Å². The molecular formula is C13H18N4O3S. The quantitative estimate of drug-likeness (QED) is 0.778. The molecule has 1 fully saturated rings. The third-order valence-electron chi connectivity index (χ3n) is 3.68. The zero-order chi connectivity index (χ0) is 15.2. The van der Waals surface area contributed by atoms with Gasteiger partial charge in [0, 0.05) is 17.9 Å². The number of hydrogen-bond donors (Lipinski definition) is 3. The van der Waals surface area contributed by atoms with E-state index in [1.54, 1.807) is 20.0 Å². The lowest BCUT2D eigenvalue weighted by Gasteiger charge is -2.06. The van der Waals surface area contributed by atoms with Crippen LogP contribution < -0.4 is 4.72 Å². The minimum absolute atomic E-state index is 0.165. The molecule has 1 aliphatic rings. The summed E-state index contributed by atoms with van der Waals surface area (Å²) in [5.74, 6) is 0. The van der Waals surface area contributed by atoms with Crippen molar-refractivity contribution in [1.82, 2.24) is 14.8 Å². The van der Waals surface area contributed by atoms with Gasteiger partial charge in [-0.05, 0) is 32.8 Å². The molecule has 0 unspecified atom stereocenters. The molecule has 0 aliphatic heterocycles. The Morgan fingerprint density at radius 2 is 2.19 bits per heavy atom. The Morgan fingerprint density at radius 3 is 2.71 bits per heavy atom. The highest BCUT2D eigenvalue weighted by Crippen LogP contribution is 2.37. The molecular weight excluding hydrogens is 292 g/mol. The molecule has 3 rings (SSSR count). The Kier molecular flexibility index (Phi) is 3.29. The standard InChI is InChI=1S/C13H18N4O3S/c1-8-13(9(2)15-14-8)16-21(19,20)12-5-11(7-18)17(6-12)10-3-4-10/h5-6,10,16,18H,3-4,7H2,1-2H3,(H,14,15). The van der Waals surface area contributed by atoms with E-state index in [9.17, 15) is 13.5 Å². The molecule has 2 heterocycles. The number of hydrogen-bond acceptors (Lipinski definition) is 4. The molecule has 0 aromatic carbocycles.